The molecule has 0 amide bonds. The van der Waals surface area contributed by atoms with E-state index in [0.717, 1.165) is 12.1 Å². The number of hydrogen-bond acceptors (Lipinski definition) is 6. The van der Waals surface area contributed by atoms with Gasteiger partial charge >= 0.3 is 12.1 Å². The first-order chi connectivity index (χ1) is 19.9. The van der Waals surface area contributed by atoms with E-state index < -0.39 is 23.6 Å². The van der Waals surface area contributed by atoms with Gasteiger partial charge in [-0.05, 0) is 79.1 Å². The van der Waals surface area contributed by atoms with Crippen LogP contribution in [0.4, 0.5) is 24.5 Å². The molecular formula is C31H24F3N3O5. The van der Waals surface area contributed by atoms with Gasteiger partial charge in [-0.3, -0.25) is 4.57 Å². The van der Waals surface area contributed by atoms with Crippen molar-refractivity contribution in [2.75, 3.05) is 7.11 Å². The third-order valence-electron chi connectivity index (χ3n) is 6.85. The zero-order chi connectivity index (χ0) is 30.3. The number of aromatic hydroxyl groups is 2. The number of ether oxygens (including phenoxy) is 1. The summed E-state index contributed by atoms with van der Waals surface area (Å²) < 4.78 is 47.6. The van der Waals surface area contributed by atoms with Crippen molar-refractivity contribution in [3.8, 4) is 34.2 Å². The fraction of sp³-hybridized carbons (Fsp3) is 0.129. The number of halogens is 3. The van der Waals surface area contributed by atoms with Crippen LogP contribution in [0.5, 0.6) is 17.4 Å². The summed E-state index contributed by atoms with van der Waals surface area (Å²) in [6.45, 7) is 3.56. The quantitative estimate of drug-likeness (QED) is 0.176. The Morgan fingerprint density at radius 1 is 0.905 bits per heavy atom. The Hall–Kier alpha value is -5.32. The van der Waals surface area contributed by atoms with Gasteiger partial charge in [0.1, 0.15) is 11.4 Å². The van der Waals surface area contributed by atoms with Crippen LogP contribution >= 0.6 is 0 Å². The number of fused-ring (bicyclic) bond motifs is 1. The Morgan fingerprint density at radius 3 is 2.24 bits per heavy atom. The van der Waals surface area contributed by atoms with Gasteiger partial charge in [0.05, 0.1) is 23.8 Å². The van der Waals surface area contributed by atoms with Crippen molar-refractivity contribution in [1.82, 2.24) is 4.57 Å². The SMILES string of the molecule is COc1c(C)cc(-n2c(O)c(N=Nc3cccc(-c4cccc(C(=O)O)c4)c3O)c3ccc(C(F)(F)F)cc32)cc1C. The molecule has 3 N–H and O–H groups in total. The Morgan fingerprint density at radius 2 is 1.60 bits per heavy atom. The summed E-state index contributed by atoms with van der Waals surface area (Å²) in [4.78, 5) is 11.4. The first-order valence-corrected chi connectivity index (χ1v) is 12.6. The standard InChI is InChI=1S/C31H24F3N3O5/c1-16-12-21(13-17(2)28(16)42-3)37-25-15-20(31(32,33)34)10-11-23(25)26(29(37)39)36-35-24-9-5-8-22(27(24)38)18-6-4-7-19(14-18)30(40)41/h4-15,38-39H,1-3H3,(H,40,41). The van der Waals surface area contributed by atoms with Crippen molar-refractivity contribution < 1.29 is 38.0 Å². The first-order valence-electron chi connectivity index (χ1n) is 12.6. The van der Waals surface area contributed by atoms with Gasteiger partial charge in [0.2, 0.25) is 5.88 Å². The number of carbonyl (C=O) groups is 1. The van der Waals surface area contributed by atoms with Crippen molar-refractivity contribution >= 4 is 28.2 Å². The minimum Gasteiger partial charge on any atom is -0.505 e. The van der Waals surface area contributed by atoms with Crippen molar-refractivity contribution in [2.45, 2.75) is 20.0 Å². The molecule has 0 fully saturated rings. The highest BCUT2D eigenvalue weighted by atomic mass is 19.4. The monoisotopic (exact) mass is 575 g/mol. The summed E-state index contributed by atoms with van der Waals surface area (Å²) in [5, 5.41) is 40.0. The summed E-state index contributed by atoms with van der Waals surface area (Å²) in [5.41, 5.74) is 1.57. The predicted molar refractivity (Wildman–Crippen MR) is 151 cm³/mol. The van der Waals surface area contributed by atoms with Crippen LogP contribution in [-0.2, 0) is 6.18 Å². The van der Waals surface area contributed by atoms with Gasteiger partial charge in [-0.2, -0.15) is 13.2 Å². The van der Waals surface area contributed by atoms with Crippen LogP contribution in [0.3, 0.4) is 0 Å². The number of phenolic OH excluding ortho intramolecular Hbond substituents is 1. The minimum absolute atomic E-state index is 0.00317. The van der Waals surface area contributed by atoms with E-state index in [9.17, 15) is 33.3 Å². The van der Waals surface area contributed by atoms with Crippen LogP contribution in [0.25, 0.3) is 27.7 Å². The lowest BCUT2D eigenvalue weighted by molar-refractivity contribution is -0.137. The second kappa shape index (κ2) is 10.6. The van der Waals surface area contributed by atoms with Gasteiger partial charge in [0.15, 0.2) is 11.4 Å². The van der Waals surface area contributed by atoms with E-state index in [1.807, 2.05) is 0 Å². The van der Waals surface area contributed by atoms with E-state index in [2.05, 4.69) is 10.2 Å². The minimum atomic E-state index is -4.63. The van der Waals surface area contributed by atoms with Crippen molar-refractivity contribution in [3.05, 3.63) is 95.1 Å². The lowest BCUT2D eigenvalue weighted by Crippen LogP contribution is -2.05. The number of carboxylic acid groups (broad SMARTS) is 1. The number of nitrogens with zero attached hydrogens (tertiary/aromatic N) is 3. The molecule has 214 valence electrons. The smallest absolute Gasteiger partial charge is 0.416 e. The zero-order valence-electron chi connectivity index (χ0n) is 22.6. The molecule has 0 bridgehead atoms. The van der Waals surface area contributed by atoms with Gasteiger partial charge in [-0.1, -0.05) is 24.3 Å². The number of phenols is 1. The van der Waals surface area contributed by atoms with Crippen LogP contribution in [0, 0.1) is 13.8 Å². The Balaban J connectivity index is 1.67. The van der Waals surface area contributed by atoms with E-state index >= 15 is 0 Å². The van der Waals surface area contributed by atoms with Crippen molar-refractivity contribution in [1.29, 1.82) is 0 Å². The van der Waals surface area contributed by atoms with E-state index in [1.165, 1.54) is 42.0 Å². The fourth-order valence-corrected chi connectivity index (χ4v) is 4.94. The molecule has 5 rings (SSSR count). The molecule has 0 aliphatic heterocycles. The zero-order valence-corrected chi connectivity index (χ0v) is 22.6. The van der Waals surface area contributed by atoms with Gasteiger partial charge in [0, 0.05) is 16.6 Å². The highest BCUT2D eigenvalue weighted by molar-refractivity contribution is 5.97. The number of para-hydroxylation sites is 1. The Labute approximate surface area is 237 Å². The maximum absolute atomic E-state index is 13.7. The van der Waals surface area contributed by atoms with Gasteiger partial charge < -0.3 is 20.1 Å². The van der Waals surface area contributed by atoms with E-state index in [-0.39, 0.29) is 33.6 Å². The molecule has 8 nitrogen and oxygen atoms in total. The number of benzene rings is 4. The summed E-state index contributed by atoms with van der Waals surface area (Å²) in [6.07, 6.45) is -4.63. The molecule has 0 spiro atoms. The average molecular weight is 576 g/mol. The lowest BCUT2D eigenvalue weighted by atomic mass is 10.0. The highest BCUT2D eigenvalue weighted by Gasteiger charge is 2.32. The van der Waals surface area contributed by atoms with Gasteiger partial charge in [-0.25, -0.2) is 4.79 Å². The number of aromatic nitrogens is 1. The normalized spacial score (nSPS) is 11.9. The molecule has 0 radical (unpaired) electrons. The summed E-state index contributed by atoms with van der Waals surface area (Å²) in [5.74, 6) is -1.28. The predicted octanol–water partition coefficient (Wildman–Crippen LogP) is 8.47. The van der Waals surface area contributed by atoms with Crippen LogP contribution < -0.4 is 4.74 Å². The third-order valence-corrected chi connectivity index (χ3v) is 6.85. The molecule has 0 aliphatic rings. The molecule has 11 heteroatoms. The van der Waals surface area contributed by atoms with Crippen LogP contribution in [-0.4, -0.2) is 33.0 Å². The number of alkyl halides is 3. The third kappa shape index (κ3) is 5.00. The van der Waals surface area contributed by atoms with Crippen LogP contribution in [0.1, 0.15) is 27.0 Å². The highest BCUT2D eigenvalue weighted by Crippen LogP contribution is 2.45. The Kier molecular flexibility index (Phi) is 7.11. The second-order valence-corrected chi connectivity index (χ2v) is 9.61. The number of rotatable bonds is 6. The molecule has 4 aromatic carbocycles. The molecule has 0 aliphatic carbocycles. The number of methoxy groups -OCH3 is 1. The molecule has 0 saturated heterocycles. The average Bonchev–Trinajstić information content (AvgIpc) is 3.22. The fourth-order valence-electron chi connectivity index (χ4n) is 4.94. The maximum atomic E-state index is 13.7. The second-order valence-electron chi connectivity index (χ2n) is 9.61. The molecule has 0 atom stereocenters. The largest absolute Gasteiger partial charge is 0.505 e. The molecule has 0 unspecified atom stereocenters. The van der Waals surface area contributed by atoms with E-state index in [1.54, 1.807) is 44.2 Å². The topological polar surface area (TPSA) is 117 Å². The molecule has 1 aromatic heterocycles. The molecule has 5 aromatic rings. The number of hydrogen-bond donors (Lipinski definition) is 3. The van der Waals surface area contributed by atoms with E-state index in [0.29, 0.717) is 33.7 Å². The summed E-state index contributed by atoms with van der Waals surface area (Å²) in [7, 11) is 1.51. The van der Waals surface area contributed by atoms with Gasteiger partial charge in [0.25, 0.3) is 0 Å². The molecular weight excluding hydrogens is 551 g/mol. The molecule has 0 saturated carbocycles. The lowest BCUT2D eigenvalue weighted by Gasteiger charge is -2.14. The number of aryl methyl sites for hydroxylation is 2. The van der Waals surface area contributed by atoms with Crippen molar-refractivity contribution in [2.24, 2.45) is 10.2 Å². The molecule has 42 heavy (non-hydrogen) atoms. The number of aromatic carboxylic acids is 1. The van der Waals surface area contributed by atoms with Gasteiger partial charge in [-0.15, -0.1) is 10.2 Å². The molecule has 1 heterocycles. The number of azo groups is 1. The summed E-state index contributed by atoms with van der Waals surface area (Å²) in [6, 6.07) is 17.0. The maximum Gasteiger partial charge on any atom is 0.416 e. The first kappa shape index (κ1) is 28.2. The van der Waals surface area contributed by atoms with Crippen LogP contribution in [0.2, 0.25) is 0 Å². The van der Waals surface area contributed by atoms with E-state index in [4.69, 9.17) is 4.74 Å². The number of carboxylic acids is 1. The van der Waals surface area contributed by atoms with Crippen LogP contribution in [0.15, 0.2) is 83.0 Å². The van der Waals surface area contributed by atoms with Crippen molar-refractivity contribution in [3.63, 3.8) is 0 Å². The Bertz CT molecular complexity index is 1870. The summed E-state index contributed by atoms with van der Waals surface area (Å²) >= 11 is 0.